The molecule has 0 aromatic carbocycles. The molecule has 1 atom stereocenters. The largest absolute Gasteiger partial charge is 0.371 e. The molecule has 0 aliphatic carbocycles. The Morgan fingerprint density at radius 3 is 2.74 bits per heavy atom. The van der Waals surface area contributed by atoms with Gasteiger partial charge < -0.3 is 15.0 Å². The molecule has 4 rings (SSSR count). The van der Waals surface area contributed by atoms with Crippen LogP contribution >= 0.6 is 0 Å². The van der Waals surface area contributed by atoms with Crippen molar-refractivity contribution in [2.24, 2.45) is 5.92 Å². The zero-order valence-electron chi connectivity index (χ0n) is 14.9. The molecular formula is C19H21N5O3. The molecule has 1 spiro atoms. The summed E-state index contributed by atoms with van der Waals surface area (Å²) in [5, 5.41) is 2.95. The third-order valence-electron chi connectivity index (χ3n) is 5.31. The molecule has 2 aliphatic rings. The number of likely N-dealkylation sites (tertiary alicyclic amines) is 1. The number of nitrogens with zero attached hydrogens (tertiary/aromatic N) is 4. The van der Waals surface area contributed by atoms with Gasteiger partial charge in [0.25, 0.3) is 11.8 Å². The second-order valence-electron chi connectivity index (χ2n) is 6.93. The predicted molar refractivity (Wildman–Crippen MR) is 95.9 cm³/mol. The summed E-state index contributed by atoms with van der Waals surface area (Å²) in [6.45, 7) is 2.39. The van der Waals surface area contributed by atoms with Crippen molar-refractivity contribution in [3.8, 4) is 0 Å². The quantitative estimate of drug-likeness (QED) is 0.844. The molecule has 2 saturated heterocycles. The highest BCUT2D eigenvalue weighted by atomic mass is 16.5. The van der Waals surface area contributed by atoms with Crippen molar-refractivity contribution in [2.75, 3.05) is 26.2 Å². The normalized spacial score (nSPS) is 20.3. The van der Waals surface area contributed by atoms with Gasteiger partial charge in [-0.3, -0.25) is 19.6 Å². The summed E-state index contributed by atoms with van der Waals surface area (Å²) in [4.78, 5) is 38.2. The number of pyridine rings is 1. The average Bonchev–Trinajstić information content (AvgIpc) is 3.11. The lowest BCUT2D eigenvalue weighted by atomic mass is 9.78. The molecule has 8 heteroatoms. The van der Waals surface area contributed by atoms with E-state index in [0.29, 0.717) is 43.4 Å². The standard InChI is InChI=1S/C19H21N5O3/c25-17(14-1-5-20-6-2-14)23-7-3-15-4-10-27-19(15)12-24(13-19)18(26)16-11-21-8-9-22-16/h1-2,5-6,8-9,11,15H,3-4,7,10,12-13H2,(H,23,25). The number of hydrogen-bond donors (Lipinski definition) is 1. The summed E-state index contributed by atoms with van der Waals surface area (Å²) < 4.78 is 6.00. The monoisotopic (exact) mass is 367 g/mol. The summed E-state index contributed by atoms with van der Waals surface area (Å²) in [5.41, 5.74) is 0.664. The van der Waals surface area contributed by atoms with E-state index < -0.39 is 0 Å². The molecule has 2 aromatic rings. The van der Waals surface area contributed by atoms with Crippen LogP contribution in [0.15, 0.2) is 43.1 Å². The molecular weight excluding hydrogens is 346 g/mol. The van der Waals surface area contributed by atoms with Gasteiger partial charge in [-0.15, -0.1) is 0 Å². The van der Waals surface area contributed by atoms with Crippen molar-refractivity contribution >= 4 is 11.8 Å². The molecule has 140 valence electrons. The van der Waals surface area contributed by atoms with Gasteiger partial charge >= 0.3 is 0 Å². The van der Waals surface area contributed by atoms with Crippen LogP contribution in [0, 0.1) is 5.92 Å². The minimum atomic E-state index is -0.292. The Hall–Kier alpha value is -2.87. The third-order valence-corrected chi connectivity index (χ3v) is 5.31. The fourth-order valence-electron chi connectivity index (χ4n) is 3.82. The Balaban J connectivity index is 1.29. The van der Waals surface area contributed by atoms with E-state index in [4.69, 9.17) is 4.74 Å². The molecule has 1 unspecified atom stereocenters. The van der Waals surface area contributed by atoms with Gasteiger partial charge in [-0.2, -0.15) is 0 Å². The molecule has 4 heterocycles. The fraction of sp³-hybridized carbons (Fsp3) is 0.421. The second-order valence-corrected chi connectivity index (χ2v) is 6.93. The second kappa shape index (κ2) is 7.40. The van der Waals surface area contributed by atoms with E-state index in [1.807, 2.05) is 0 Å². The van der Waals surface area contributed by atoms with Crippen molar-refractivity contribution in [3.63, 3.8) is 0 Å². The van der Waals surface area contributed by atoms with E-state index in [2.05, 4.69) is 20.3 Å². The van der Waals surface area contributed by atoms with Crippen LogP contribution in [0.5, 0.6) is 0 Å². The summed E-state index contributed by atoms with van der Waals surface area (Å²) in [7, 11) is 0. The van der Waals surface area contributed by atoms with E-state index in [1.54, 1.807) is 35.6 Å². The highest BCUT2D eigenvalue weighted by Gasteiger charge is 2.54. The number of hydrogen-bond acceptors (Lipinski definition) is 6. The molecule has 2 amide bonds. The van der Waals surface area contributed by atoms with Crippen LogP contribution in [0.2, 0.25) is 0 Å². The van der Waals surface area contributed by atoms with Crippen LogP contribution in [-0.2, 0) is 4.74 Å². The van der Waals surface area contributed by atoms with Crippen molar-refractivity contribution in [1.29, 1.82) is 0 Å². The van der Waals surface area contributed by atoms with Crippen LogP contribution < -0.4 is 5.32 Å². The van der Waals surface area contributed by atoms with E-state index in [0.717, 1.165) is 12.8 Å². The lowest BCUT2D eigenvalue weighted by Gasteiger charge is -2.50. The van der Waals surface area contributed by atoms with Crippen molar-refractivity contribution in [1.82, 2.24) is 25.2 Å². The minimum absolute atomic E-state index is 0.0987. The zero-order chi connectivity index (χ0) is 18.7. The molecule has 0 saturated carbocycles. The Bertz CT molecular complexity index is 809. The van der Waals surface area contributed by atoms with Gasteiger partial charge in [0.1, 0.15) is 11.3 Å². The number of rotatable bonds is 5. The third kappa shape index (κ3) is 3.52. The number of nitrogens with one attached hydrogen (secondary N) is 1. The van der Waals surface area contributed by atoms with Crippen molar-refractivity contribution in [3.05, 3.63) is 54.4 Å². The van der Waals surface area contributed by atoms with Gasteiger partial charge in [0.05, 0.1) is 19.3 Å². The number of ether oxygens (including phenoxy) is 1. The fourth-order valence-corrected chi connectivity index (χ4v) is 3.82. The molecule has 8 nitrogen and oxygen atoms in total. The maximum Gasteiger partial charge on any atom is 0.274 e. The zero-order valence-corrected chi connectivity index (χ0v) is 14.9. The molecule has 0 bridgehead atoms. The SMILES string of the molecule is O=C(NCCC1CCOC12CN(C(=O)c1cnccn1)C2)c1ccncc1. The van der Waals surface area contributed by atoms with Crippen LogP contribution in [0.25, 0.3) is 0 Å². The predicted octanol–water partition coefficient (Wildman–Crippen LogP) is 0.923. The first-order valence-electron chi connectivity index (χ1n) is 9.05. The minimum Gasteiger partial charge on any atom is -0.371 e. The number of amides is 2. The van der Waals surface area contributed by atoms with Crippen LogP contribution in [0.3, 0.4) is 0 Å². The van der Waals surface area contributed by atoms with Gasteiger partial charge in [0.2, 0.25) is 0 Å². The lowest BCUT2D eigenvalue weighted by Crippen LogP contribution is -2.66. The van der Waals surface area contributed by atoms with E-state index in [-0.39, 0.29) is 17.4 Å². The molecule has 1 N–H and O–H groups in total. The van der Waals surface area contributed by atoms with Gasteiger partial charge in [-0.1, -0.05) is 0 Å². The Morgan fingerprint density at radius 1 is 1.19 bits per heavy atom. The maximum absolute atomic E-state index is 12.4. The first-order chi connectivity index (χ1) is 13.2. The summed E-state index contributed by atoms with van der Waals surface area (Å²) in [6.07, 6.45) is 9.52. The van der Waals surface area contributed by atoms with Gasteiger partial charge in [-0.25, -0.2) is 4.98 Å². The van der Waals surface area contributed by atoms with Gasteiger partial charge in [0, 0.05) is 43.5 Å². The van der Waals surface area contributed by atoms with Crippen molar-refractivity contribution < 1.29 is 14.3 Å². The van der Waals surface area contributed by atoms with E-state index >= 15 is 0 Å². The highest BCUT2D eigenvalue weighted by Crippen LogP contribution is 2.41. The van der Waals surface area contributed by atoms with E-state index in [9.17, 15) is 9.59 Å². The smallest absolute Gasteiger partial charge is 0.274 e. The highest BCUT2D eigenvalue weighted by molar-refractivity contribution is 5.94. The average molecular weight is 367 g/mol. The number of carbonyl (C=O) groups is 2. The molecule has 27 heavy (non-hydrogen) atoms. The molecule has 0 radical (unpaired) electrons. The van der Waals surface area contributed by atoms with Crippen LogP contribution in [-0.4, -0.2) is 63.5 Å². The Morgan fingerprint density at radius 2 is 2.00 bits per heavy atom. The van der Waals surface area contributed by atoms with E-state index in [1.165, 1.54) is 12.4 Å². The van der Waals surface area contributed by atoms with Crippen molar-refractivity contribution in [2.45, 2.75) is 18.4 Å². The first kappa shape index (κ1) is 17.5. The summed E-state index contributed by atoms with van der Waals surface area (Å²) in [5.74, 6) is 0.105. The number of carbonyl (C=O) groups excluding carboxylic acids is 2. The van der Waals surface area contributed by atoms with Crippen LogP contribution in [0.4, 0.5) is 0 Å². The van der Waals surface area contributed by atoms with Gasteiger partial charge in [0.15, 0.2) is 0 Å². The summed E-state index contributed by atoms with van der Waals surface area (Å²) in [6, 6.07) is 3.38. The molecule has 2 fully saturated rings. The first-order valence-corrected chi connectivity index (χ1v) is 9.05. The van der Waals surface area contributed by atoms with Crippen LogP contribution in [0.1, 0.15) is 33.7 Å². The van der Waals surface area contributed by atoms with Gasteiger partial charge in [-0.05, 0) is 30.9 Å². The topological polar surface area (TPSA) is 97.3 Å². The Labute approximate surface area is 157 Å². The summed E-state index contributed by atoms with van der Waals surface area (Å²) >= 11 is 0. The molecule has 2 aliphatic heterocycles. The lowest BCUT2D eigenvalue weighted by molar-refractivity contribution is -0.118. The maximum atomic E-state index is 12.4. The molecule has 2 aromatic heterocycles. The Kier molecular flexibility index (Phi) is 4.81. The number of aromatic nitrogens is 3.